The van der Waals surface area contributed by atoms with Crippen LogP contribution < -0.4 is 15.8 Å². The largest absolute Gasteiger partial charge is 0.437 e. The fourth-order valence-electron chi connectivity index (χ4n) is 5.54. The molecule has 2 saturated carbocycles. The number of pyridine rings is 1. The summed E-state index contributed by atoms with van der Waals surface area (Å²) in [6.45, 7) is 2.00. The number of aromatic nitrogens is 3. The first-order chi connectivity index (χ1) is 17.0. The highest BCUT2D eigenvalue weighted by atomic mass is 16.5. The quantitative estimate of drug-likeness (QED) is 0.381. The van der Waals surface area contributed by atoms with Gasteiger partial charge in [0.05, 0.1) is 11.3 Å². The van der Waals surface area contributed by atoms with Gasteiger partial charge in [-0.05, 0) is 61.4 Å². The molecule has 3 N–H and O–H groups in total. The van der Waals surface area contributed by atoms with Gasteiger partial charge in [0, 0.05) is 34.8 Å². The van der Waals surface area contributed by atoms with Crippen LogP contribution in [0.25, 0.3) is 22.0 Å². The van der Waals surface area contributed by atoms with Crippen LogP contribution in [0.15, 0.2) is 60.9 Å². The maximum atomic E-state index is 13.1. The number of carbonyl (C=O) groups is 1. The zero-order chi connectivity index (χ0) is 24.0. The Hall–Kier alpha value is -4.00. The number of nitrogens with one attached hydrogen (secondary N) is 1. The first kappa shape index (κ1) is 21.5. The molecule has 1 atom stereocenters. The molecular formula is C28H27N5O2. The number of hydrogen-bond acceptors (Lipinski definition) is 6. The molecule has 0 bridgehead atoms. The second kappa shape index (κ2) is 8.34. The lowest BCUT2D eigenvalue weighted by atomic mass is 10.0. The molecule has 2 aliphatic carbocycles. The first-order valence-corrected chi connectivity index (χ1v) is 12.1. The fourth-order valence-corrected chi connectivity index (χ4v) is 5.54. The summed E-state index contributed by atoms with van der Waals surface area (Å²) in [6.07, 6.45) is 9.17. The molecule has 7 heteroatoms. The number of hydrogen-bond donors (Lipinski definition) is 2. The summed E-state index contributed by atoms with van der Waals surface area (Å²) in [5, 5.41) is 5.06. The van der Waals surface area contributed by atoms with E-state index in [-0.39, 0.29) is 23.2 Å². The van der Waals surface area contributed by atoms with Crippen LogP contribution in [0, 0.1) is 18.3 Å². The summed E-state index contributed by atoms with van der Waals surface area (Å²) in [6, 6.07) is 15.5. The van der Waals surface area contributed by atoms with E-state index in [0.717, 1.165) is 34.0 Å². The summed E-state index contributed by atoms with van der Waals surface area (Å²) < 4.78 is 6.42. The molecule has 2 heterocycles. The zero-order valence-electron chi connectivity index (χ0n) is 19.6. The molecule has 176 valence electrons. The Morgan fingerprint density at radius 3 is 2.71 bits per heavy atom. The van der Waals surface area contributed by atoms with Gasteiger partial charge < -0.3 is 15.8 Å². The van der Waals surface area contributed by atoms with Crippen molar-refractivity contribution < 1.29 is 9.53 Å². The summed E-state index contributed by atoms with van der Waals surface area (Å²) in [7, 11) is 0. The highest BCUT2D eigenvalue weighted by molar-refractivity contribution is 6.05. The normalized spacial score (nSPS) is 18.0. The van der Waals surface area contributed by atoms with E-state index < -0.39 is 0 Å². The standard InChI is InChI=1S/C28H27N5O2/c1-17-9-10-18-19(6-4-8-22(18)32-25(34)21-16-28(21)12-2-3-13-28)24(17)35-26-20(7-5-14-30-26)23-11-15-31-27(29)33-23/h4-11,14-15,21H,2-3,12-13,16H2,1H3,(H,32,34)(H2,29,31,33)/t21-/m0/s1. The van der Waals surface area contributed by atoms with Crippen LogP contribution in [-0.2, 0) is 4.79 Å². The van der Waals surface area contributed by atoms with E-state index in [1.165, 1.54) is 25.7 Å². The molecule has 2 aromatic carbocycles. The van der Waals surface area contributed by atoms with Crippen molar-refractivity contribution >= 4 is 28.3 Å². The molecule has 0 saturated heterocycles. The van der Waals surface area contributed by atoms with Crippen molar-refractivity contribution in [2.75, 3.05) is 11.1 Å². The molecule has 0 aliphatic heterocycles. The smallest absolute Gasteiger partial charge is 0.228 e. The molecule has 1 amide bonds. The highest BCUT2D eigenvalue weighted by Crippen LogP contribution is 2.63. The van der Waals surface area contributed by atoms with E-state index in [2.05, 4.69) is 20.3 Å². The molecule has 2 aliphatic rings. The summed E-state index contributed by atoms with van der Waals surface area (Å²) >= 11 is 0. The van der Waals surface area contributed by atoms with Crippen molar-refractivity contribution in [2.24, 2.45) is 11.3 Å². The van der Waals surface area contributed by atoms with Crippen molar-refractivity contribution in [1.82, 2.24) is 15.0 Å². The highest BCUT2D eigenvalue weighted by Gasteiger charge is 2.58. The Morgan fingerprint density at radius 2 is 1.89 bits per heavy atom. The van der Waals surface area contributed by atoms with E-state index in [1.807, 2.05) is 49.4 Å². The molecule has 1 spiro atoms. The minimum absolute atomic E-state index is 0.135. The minimum Gasteiger partial charge on any atom is -0.437 e. The molecule has 2 aromatic heterocycles. The van der Waals surface area contributed by atoms with Gasteiger partial charge in [-0.15, -0.1) is 0 Å². The Morgan fingerprint density at radius 1 is 1.03 bits per heavy atom. The molecule has 7 nitrogen and oxygen atoms in total. The minimum atomic E-state index is 0.135. The molecule has 6 rings (SSSR count). The molecule has 0 radical (unpaired) electrons. The van der Waals surface area contributed by atoms with Gasteiger partial charge in [0.2, 0.25) is 17.7 Å². The second-order valence-electron chi connectivity index (χ2n) is 9.69. The van der Waals surface area contributed by atoms with Crippen LogP contribution in [0.3, 0.4) is 0 Å². The van der Waals surface area contributed by atoms with Gasteiger partial charge in [-0.3, -0.25) is 4.79 Å². The molecule has 0 unspecified atom stereocenters. The average Bonchev–Trinajstić information content (AvgIpc) is 3.37. The number of fused-ring (bicyclic) bond motifs is 1. The number of benzene rings is 2. The van der Waals surface area contributed by atoms with Gasteiger partial charge in [0.1, 0.15) is 5.75 Å². The third-order valence-electron chi connectivity index (χ3n) is 7.49. The Labute approximate surface area is 203 Å². The first-order valence-electron chi connectivity index (χ1n) is 12.1. The van der Waals surface area contributed by atoms with Gasteiger partial charge in [-0.25, -0.2) is 15.0 Å². The lowest BCUT2D eigenvalue weighted by Gasteiger charge is -2.16. The van der Waals surface area contributed by atoms with Crippen LogP contribution in [0.1, 0.15) is 37.7 Å². The summed E-state index contributed by atoms with van der Waals surface area (Å²) in [4.78, 5) is 25.9. The van der Waals surface area contributed by atoms with E-state index in [9.17, 15) is 4.79 Å². The number of aryl methyl sites for hydroxylation is 1. The van der Waals surface area contributed by atoms with Gasteiger partial charge in [0.15, 0.2) is 0 Å². The second-order valence-corrected chi connectivity index (χ2v) is 9.69. The van der Waals surface area contributed by atoms with Crippen molar-refractivity contribution in [3.8, 4) is 22.9 Å². The number of carbonyl (C=O) groups excluding carboxylic acids is 1. The maximum absolute atomic E-state index is 13.1. The molecule has 4 aromatic rings. The number of rotatable bonds is 5. The van der Waals surface area contributed by atoms with Crippen molar-refractivity contribution in [1.29, 1.82) is 0 Å². The maximum Gasteiger partial charge on any atom is 0.228 e. The molecule has 2 fully saturated rings. The number of nitrogens with two attached hydrogens (primary N) is 1. The van der Waals surface area contributed by atoms with Gasteiger partial charge in [-0.1, -0.05) is 37.1 Å². The summed E-state index contributed by atoms with van der Waals surface area (Å²) in [5.41, 5.74) is 9.19. The van der Waals surface area contributed by atoms with Crippen LogP contribution in [0.5, 0.6) is 11.6 Å². The third kappa shape index (κ3) is 3.87. The van der Waals surface area contributed by atoms with Gasteiger partial charge in [-0.2, -0.15) is 0 Å². The predicted octanol–water partition coefficient (Wildman–Crippen LogP) is 5.89. The van der Waals surface area contributed by atoms with E-state index in [4.69, 9.17) is 10.5 Å². The van der Waals surface area contributed by atoms with E-state index >= 15 is 0 Å². The van der Waals surface area contributed by atoms with Crippen LogP contribution in [0.2, 0.25) is 0 Å². The number of ether oxygens (including phenoxy) is 1. The van der Waals surface area contributed by atoms with E-state index in [0.29, 0.717) is 17.3 Å². The topological polar surface area (TPSA) is 103 Å². The van der Waals surface area contributed by atoms with Crippen molar-refractivity contribution in [2.45, 2.75) is 39.0 Å². The van der Waals surface area contributed by atoms with Crippen LogP contribution in [0.4, 0.5) is 11.6 Å². The fraction of sp³-hybridized carbons (Fsp3) is 0.286. The zero-order valence-corrected chi connectivity index (χ0v) is 19.6. The Kier molecular flexibility index (Phi) is 5.13. The number of amides is 1. The van der Waals surface area contributed by atoms with Crippen LogP contribution >= 0.6 is 0 Å². The van der Waals surface area contributed by atoms with Crippen molar-refractivity contribution in [3.63, 3.8) is 0 Å². The summed E-state index contributed by atoms with van der Waals surface area (Å²) in [5.74, 6) is 1.58. The third-order valence-corrected chi connectivity index (χ3v) is 7.49. The lowest BCUT2D eigenvalue weighted by Crippen LogP contribution is -2.17. The van der Waals surface area contributed by atoms with Gasteiger partial charge in [0.25, 0.3) is 0 Å². The Balaban J connectivity index is 1.34. The average molecular weight is 466 g/mol. The van der Waals surface area contributed by atoms with E-state index in [1.54, 1.807) is 18.5 Å². The number of nitrogen functional groups attached to an aromatic ring is 1. The predicted molar refractivity (Wildman–Crippen MR) is 136 cm³/mol. The monoisotopic (exact) mass is 465 g/mol. The van der Waals surface area contributed by atoms with Crippen LogP contribution in [-0.4, -0.2) is 20.9 Å². The van der Waals surface area contributed by atoms with Gasteiger partial charge >= 0.3 is 0 Å². The lowest BCUT2D eigenvalue weighted by molar-refractivity contribution is -0.118. The molecular weight excluding hydrogens is 438 g/mol. The Bertz CT molecular complexity index is 1440. The SMILES string of the molecule is Cc1ccc2c(NC(=O)[C@@H]3CC34CCCC4)cccc2c1Oc1ncccc1-c1ccnc(N)n1. The number of anilines is 2. The van der Waals surface area contributed by atoms with Crippen molar-refractivity contribution in [3.05, 3.63) is 66.5 Å². The molecule has 35 heavy (non-hydrogen) atoms. The number of nitrogens with zero attached hydrogens (tertiary/aromatic N) is 3.